The Bertz CT molecular complexity index is 1760. The van der Waals surface area contributed by atoms with Crippen LogP contribution >= 0.6 is 0 Å². The van der Waals surface area contributed by atoms with Gasteiger partial charge in [0.25, 0.3) is 0 Å². The van der Waals surface area contributed by atoms with Gasteiger partial charge in [-0.05, 0) is 94.1 Å². The summed E-state index contributed by atoms with van der Waals surface area (Å²) in [6, 6.07) is 5.51. The molecule has 0 aliphatic heterocycles. The minimum absolute atomic E-state index is 0.0154. The monoisotopic (exact) mass is 709 g/mol. The number of rotatable bonds is 7. The number of hydrogen-bond acceptors (Lipinski definition) is 10. The van der Waals surface area contributed by atoms with Gasteiger partial charge in [0.05, 0.1) is 37.1 Å². The molecule has 0 bridgehead atoms. The Balaban J connectivity index is 0.000000174. The number of aryl methyl sites for hydroxylation is 1. The van der Waals surface area contributed by atoms with Crippen LogP contribution in [-0.2, 0) is 26.5 Å². The Kier molecular flexibility index (Phi) is 10.2. The summed E-state index contributed by atoms with van der Waals surface area (Å²) in [4.78, 5) is 37.6. The molecule has 4 N–H and O–H groups in total. The number of carbonyl (C=O) groups is 2. The van der Waals surface area contributed by atoms with E-state index in [1.54, 1.807) is 20.4 Å². The van der Waals surface area contributed by atoms with Crippen molar-refractivity contribution >= 4 is 33.8 Å². The topological polar surface area (TPSA) is 178 Å². The van der Waals surface area contributed by atoms with Gasteiger partial charge in [0.2, 0.25) is 0 Å². The molecule has 0 amide bonds. The molecule has 0 saturated heterocycles. The molecule has 4 aliphatic carbocycles. The molecular weight excluding hydrogens is 658 g/mol. The van der Waals surface area contributed by atoms with Crippen LogP contribution in [0.1, 0.15) is 82.0 Å². The molecule has 4 saturated carbocycles. The summed E-state index contributed by atoms with van der Waals surface area (Å²) in [5, 5.41) is 31.0. The summed E-state index contributed by atoms with van der Waals surface area (Å²) in [7, 11) is 3.23. The fourth-order valence-electron chi connectivity index (χ4n) is 10.2. The molecule has 1 unspecified atom stereocenters. The molecule has 2 aromatic heterocycles. The highest BCUT2D eigenvalue weighted by molar-refractivity contribution is 7.90. The van der Waals surface area contributed by atoms with Crippen LogP contribution in [0.3, 0.4) is 0 Å². The number of carbonyl (C=O) groups excluding carboxylic acids is 2. The number of aliphatic hydroxyl groups is 3. The maximum absolute atomic E-state index is 13.4. The van der Waals surface area contributed by atoms with Crippen molar-refractivity contribution in [2.75, 3.05) is 20.8 Å². The molecule has 0 spiro atoms. The van der Waals surface area contributed by atoms with Gasteiger partial charge in [0.15, 0.2) is 11.5 Å². The minimum Gasteiger partial charge on any atom is -0.609 e. The number of nitrogens with zero attached hydrogens (tertiary/aromatic N) is 2. The molecular formula is C38H51N3O8S. The molecule has 4 aliphatic rings. The highest BCUT2D eigenvalue weighted by atomic mass is 32.2. The van der Waals surface area contributed by atoms with Crippen LogP contribution in [0.5, 0.6) is 11.5 Å². The van der Waals surface area contributed by atoms with Crippen molar-refractivity contribution in [3.8, 4) is 11.5 Å². The smallest absolute Gasteiger partial charge is 0.322 e. The number of fused-ring (bicyclic) bond motifs is 6. The third-order valence-electron chi connectivity index (χ3n) is 13.0. The Morgan fingerprint density at radius 1 is 1.12 bits per heavy atom. The number of ketones is 2. The Labute approximate surface area is 296 Å². The van der Waals surface area contributed by atoms with Gasteiger partial charge >= 0.3 is 5.16 Å². The number of aromatic nitrogens is 3. The number of H-pyrrole nitrogens is 1. The molecule has 0 radical (unpaired) electrons. The van der Waals surface area contributed by atoms with Gasteiger partial charge in [-0.1, -0.05) is 13.8 Å². The van der Waals surface area contributed by atoms with Gasteiger partial charge < -0.3 is 29.3 Å². The number of hydrogen-bond donors (Lipinski definition) is 4. The van der Waals surface area contributed by atoms with E-state index in [1.807, 2.05) is 39.0 Å². The van der Waals surface area contributed by atoms with Crippen LogP contribution in [0.4, 0.5) is 0 Å². The number of pyridine rings is 1. The number of aromatic amines is 1. The van der Waals surface area contributed by atoms with Crippen LogP contribution < -0.4 is 9.47 Å². The van der Waals surface area contributed by atoms with Crippen molar-refractivity contribution in [3.05, 3.63) is 41.2 Å². The van der Waals surface area contributed by atoms with Gasteiger partial charge in [-0.3, -0.25) is 19.6 Å². The summed E-state index contributed by atoms with van der Waals surface area (Å²) in [6.07, 6.45) is 7.21. The van der Waals surface area contributed by atoms with Crippen LogP contribution in [0, 0.1) is 48.3 Å². The second-order valence-electron chi connectivity index (χ2n) is 15.5. The molecule has 50 heavy (non-hydrogen) atoms. The van der Waals surface area contributed by atoms with Gasteiger partial charge in [0, 0.05) is 52.3 Å². The zero-order valence-electron chi connectivity index (χ0n) is 30.0. The van der Waals surface area contributed by atoms with Crippen molar-refractivity contribution < 1.29 is 38.9 Å². The van der Waals surface area contributed by atoms with E-state index in [0.29, 0.717) is 23.2 Å². The first-order chi connectivity index (χ1) is 23.7. The second kappa shape index (κ2) is 13.8. The lowest BCUT2D eigenvalue weighted by Gasteiger charge is -2.60. The predicted octanol–water partition coefficient (Wildman–Crippen LogP) is 4.76. The molecule has 12 heteroatoms. The van der Waals surface area contributed by atoms with Crippen molar-refractivity contribution in [1.29, 1.82) is 0 Å². The van der Waals surface area contributed by atoms with Crippen molar-refractivity contribution in [3.63, 3.8) is 0 Å². The maximum Gasteiger partial charge on any atom is 0.322 e. The summed E-state index contributed by atoms with van der Waals surface area (Å²) >= 11 is -1.33. The molecule has 4 fully saturated rings. The molecule has 1 aromatic carbocycles. The number of methoxy groups -OCH3 is 2. The standard InChI is InChI=1S/C21H32O5.C17H19N3O3S/c1-19-7-5-13(23)9-12(19)3-4-14-15-6-8-21(26,17(25)11-22)20(15,2)10-16(24)18(14)19;1-10-8-18-15(11(2)16(10)23-4)9-24(21)17-19-13-6-5-12(22-3)7-14(13)20-17/h12-15,18,22-23,26H,3-11H2,1-2H3;5-8H,9H2,1-4H3,(H,19,20)/t12-,13-,14+,15+,18-,19+,20+,21+;/m1./s1. The van der Waals surface area contributed by atoms with Crippen molar-refractivity contribution in [2.45, 2.75) is 102 Å². The highest BCUT2D eigenvalue weighted by Crippen LogP contribution is 2.67. The maximum atomic E-state index is 13.4. The molecule has 272 valence electrons. The predicted molar refractivity (Wildman–Crippen MR) is 188 cm³/mol. The average molecular weight is 710 g/mol. The first kappa shape index (κ1) is 36.8. The summed E-state index contributed by atoms with van der Waals surface area (Å²) in [5.41, 5.74) is 1.75. The largest absolute Gasteiger partial charge is 0.609 e. The molecule has 3 aromatic rings. The molecule has 11 nitrogen and oxygen atoms in total. The van der Waals surface area contributed by atoms with E-state index in [1.165, 1.54) is 0 Å². The number of aliphatic hydroxyl groups excluding tert-OH is 2. The summed E-state index contributed by atoms with van der Waals surface area (Å²) in [5.74, 6) is 2.16. The Morgan fingerprint density at radius 2 is 1.88 bits per heavy atom. The van der Waals surface area contributed by atoms with Crippen LogP contribution in [-0.4, -0.2) is 78.9 Å². The van der Waals surface area contributed by atoms with E-state index in [0.717, 1.165) is 72.1 Å². The normalized spacial score (nSPS) is 33.8. The number of Topliss-reactive ketones (excluding diaryl/α,β-unsaturated/α-hetero) is 2. The highest BCUT2D eigenvalue weighted by Gasteiger charge is 2.68. The third kappa shape index (κ3) is 6.04. The summed E-state index contributed by atoms with van der Waals surface area (Å²) in [6.45, 7) is 7.33. The molecule has 9 atom stereocenters. The third-order valence-corrected chi connectivity index (χ3v) is 14.1. The van der Waals surface area contributed by atoms with E-state index in [-0.39, 0.29) is 47.2 Å². The SMILES string of the molecule is COc1ccc2[nH]c([S+]([O-])Cc3ncc(C)c(OC)c3C)nc2c1.C[C@]12CC[C@@H](O)C[C@H]1CC[C@@H]1[C@@H]2C(=O)C[C@@]2(C)[C@H]1CC[C@]2(O)C(=O)CO. The lowest BCUT2D eigenvalue weighted by molar-refractivity contribution is -0.180. The van der Waals surface area contributed by atoms with Gasteiger partial charge in [-0.15, -0.1) is 0 Å². The first-order valence-corrected chi connectivity index (χ1v) is 19.0. The van der Waals surface area contributed by atoms with Crippen LogP contribution in [0.15, 0.2) is 29.6 Å². The van der Waals surface area contributed by atoms with Gasteiger partial charge in [-0.25, -0.2) is 0 Å². The first-order valence-electron chi connectivity index (χ1n) is 17.7. The van der Waals surface area contributed by atoms with Crippen molar-refractivity contribution in [1.82, 2.24) is 15.0 Å². The Hall–Kier alpha value is -3.03. The lowest BCUT2D eigenvalue weighted by atomic mass is 9.44. The van der Waals surface area contributed by atoms with E-state index >= 15 is 0 Å². The Morgan fingerprint density at radius 3 is 2.58 bits per heavy atom. The minimum atomic E-state index is -1.58. The number of nitrogens with one attached hydrogen (secondary N) is 1. The lowest BCUT2D eigenvalue weighted by Crippen LogP contribution is -2.62. The van der Waals surface area contributed by atoms with Crippen LogP contribution in [0.25, 0.3) is 11.0 Å². The zero-order valence-corrected chi connectivity index (χ0v) is 30.8. The fourth-order valence-corrected chi connectivity index (χ4v) is 11.3. The van der Waals surface area contributed by atoms with Gasteiger partial charge in [-0.2, -0.15) is 4.98 Å². The fraction of sp³-hybridized carbons (Fsp3) is 0.632. The van der Waals surface area contributed by atoms with E-state index in [4.69, 9.17) is 9.47 Å². The van der Waals surface area contributed by atoms with E-state index < -0.39 is 34.6 Å². The quantitative estimate of drug-likeness (QED) is 0.250. The van der Waals surface area contributed by atoms with E-state index in [2.05, 4.69) is 21.9 Å². The number of benzene rings is 1. The summed E-state index contributed by atoms with van der Waals surface area (Å²) < 4.78 is 23.3. The van der Waals surface area contributed by atoms with Crippen molar-refractivity contribution in [2.24, 2.45) is 34.5 Å². The van der Waals surface area contributed by atoms with Crippen LogP contribution in [0.2, 0.25) is 0 Å². The molecule has 2 heterocycles. The molecule has 7 rings (SSSR count). The number of ether oxygens (including phenoxy) is 2. The number of imidazole rings is 1. The average Bonchev–Trinajstić information content (AvgIpc) is 3.64. The van der Waals surface area contributed by atoms with E-state index in [9.17, 15) is 29.5 Å². The second-order valence-corrected chi connectivity index (χ2v) is 16.8. The van der Waals surface area contributed by atoms with Gasteiger partial charge in [0.1, 0.15) is 29.5 Å². The zero-order chi connectivity index (χ0) is 36.2.